The number of esters is 1. The molecule has 1 aromatic heterocycles. The molecule has 0 amide bonds. The summed E-state index contributed by atoms with van der Waals surface area (Å²) in [4.78, 5) is 18.0. The van der Waals surface area contributed by atoms with Crippen molar-refractivity contribution in [2.45, 2.75) is 25.5 Å². The topological polar surface area (TPSA) is 77.7 Å². The maximum Gasteiger partial charge on any atom is 0.339 e. The number of methoxy groups -OCH3 is 1. The van der Waals surface area contributed by atoms with Crippen LogP contribution in [0.5, 0.6) is 0 Å². The van der Waals surface area contributed by atoms with Crippen LogP contribution in [0.4, 0.5) is 5.69 Å². The first-order chi connectivity index (χ1) is 9.65. The predicted molar refractivity (Wildman–Crippen MR) is 75.8 cm³/mol. The maximum atomic E-state index is 11.7. The molecule has 1 saturated heterocycles. The number of ether oxygens (including phenoxy) is 2. The lowest BCUT2D eigenvalue weighted by molar-refractivity contribution is 0.0526. The van der Waals surface area contributed by atoms with E-state index in [1.165, 1.54) is 6.20 Å². The number of nitrogens with zero attached hydrogens (tertiary/aromatic N) is 2. The van der Waals surface area contributed by atoms with Gasteiger partial charge in [0.2, 0.25) is 0 Å². The van der Waals surface area contributed by atoms with Crippen LogP contribution in [0.25, 0.3) is 0 Å². The Morgan fingerprint density at radius 2 is 2.35 bits per heavy atom. The molecule has 1 aromatic rings. The van der Waals surface area contributed by atoms with E-state index in [0.29, 0.717) is 18.7 Å². The zero-order valence-electron chi connectivity index (χ0n) is 11.9. The lowest BCUT2D eigenvalue weighted by Gasteiger charge is -2.37. The van der Waals surface area contributed by atoms with Gasteiger partial charge < -0.3 is 20.1 Å². The van der Waals surface area contributed by atoms with Crippen LogP contribution < -0.4 is 10.6 Å². The number of carbonyl (C=O) groups excluding carboxylic acids is 1. The van der Waals surface area contributed by atoms with Crippen LogP contribution in [0.1, 0.15) is 23.7 Å². The van der Waals surface area contributed by atoms with Gasteiger partial charge in [0.25, 0.3) is 0 Å². The Hall–Kier alpha value is -1.66. The van der Waals surface area contributed by atoms with E-state index in [4.69, 9.17) is 15.2 Å². The van der Waals surface area contributed by atoms with Crippen LogP contribution in [0, 0.1) is 0 Å². The van der Waals surface area contributed by atoms with Gasteiger partial charge in [-0.1, -0.05) is 0 Å². The van der Waals surface area contributed by atoms with Crippen LogP contribution in [-0.2, 0) is 9.47 Å². The number of piperidine rings is 1. The van der Waals surface area contributed by atoms with Gasteiger partial charge in [-0.3, -0.25) is 4.98 Å². The first-order valence-electron chi connectivity index (χ1n) is 6.81. The van der Waals surface area contributed by atoms with E-state index in [2.05, 4.69) is 9.88 Å². The summed E-state index contributed by atoms with van der Waals surface area (Å²) in [6.07, 6.45) is 4.11. The van der Waals surface area contributed by atoms with Crippen LogP contribution in [0.15, 0.2) is 18.5 Å². The average Bonchev–Trinajstić information content (AvgIpc) is 2.48. The zero-order chi connectivity index (χ0) is 14.5. The molecule has 20 heavy (non-hydrogen) atoms. The Morgan fingerprint density at radius 1 is 1.55 bits per heavy atom. The molecule has 2 N–H and O–H groups in total. The fourth-order valence-corrected chi connectivity index (χ4v) is 2.35. The number of anilines is 1. The van der Waals surface area contributed by atoms with Crippen molar-refractivity contribution < 1.29 is 14.3 Å². The van der Waals surface area contributed by atoms with Crippen molar-refractivity contribution in [1.82, 2.24) is 4.98 Å². The van der Waals surface area contributed by atoms with Crippen molar-refractivity contribution in [3.8, 4) is 0 Å². The number of hydrogen-bond donors (Lipinski definition) is 1. The summed E-state index contributed by atoms with van der Waals surface area (Å²) in [6.45, 7) is 3.67. The third-order valence-corrected chi connectivity index (χ3v) is 3.51. The summed E-state index contributed by atoms with van der Waals surface area (Å²) in [5.74, 6) is -0.348. The molecular weight excluding hydrogens is 258 g/mol. The van der Waals surface area contributed by atoms with Crippen LogP contribution in [-0.4, -0.2) is 49.9 Å². The van der Waals surface area contributed by atoms with Gasteiger partial charge in [-0.2, -0.15) is 0 Å². The van der Waals surface area contributed by atoms with Gasteiger partial charge in [-0.25, -0.2) is 4.79 Å². The minimum absolute atomic E-state index is 0.00463. The molecule has 0 spiro atoms. The maximum absolute atomic E-state index is 11.7. The molecule has 2 atom stereocenters. The Bertz CT molecular complexity index is 467. The largest absolute Gasteiger partial charge is 0.462 e. The molecule has 1 aliphatic heterocycles. The van der Waals surface area contributed by atoms with E-state index in [1.54, 1.807) is 26.3 Å². The Labute approximate surface area is 118 Å². The minimum Gasteiger partial charge on any atom is -0.462 e. The summed E-state index contributed by atoms with van der Waals surface area (Å²) >= 11 is 0. The standard InChI is InChI=1S/C14H21N3O3/c1-3-20-14(18)10-6-11(8-16-7-10)17-5-4-12(15)13(9-17)19-2/h6-8,12-13H,3-5,9,15H2,1-2H3/t12-,13+/m0/s1. The van der Waals surface area contributed by atoms with E-state index in [-0.39, 0.29) is 18.1 Å². The number of nitrogens with two attached hydrogens (primary N) is 1. The van der Waals surface area contributed by atoms with Gasteiger partial charge in [0, 0.05) is 32.4 Å². The number of rotatable bonds is 4. The third-order valence-electron chi connectivity index (χ3n) is 3.51. The molecule has 110 valence electrons. The highest BCUT2D eigenvalue weighted by Crippen LogP contribution is 2.21. The van der Waals surface area contributed by atoms with Crippen molar-refractivity contribution in [2.75, 3.05) is 31.7 Å². The van der Waals surface area contributed by atoms with Crippen molar-refractivity contribution in [3.05, 3.63) is 24.0 Å². The normalized spacial score (nSPS) is 22.6. The van der Waals surface area contributed by atoms with E-state index in [0.717, 1.165) is 18.7 Å². The zero-order valence-corrected chi connectivity index (χ0v) is 11.9. The third kappa shape index (κ3) is 3.26. The Balaban J connectivity index is 2.12. The molecule has 0 bridgehead atoms. The number of pyridine rings is 1. The van der Waals surface area contributed by atoms with E-state index in [1.807, 2.05) is 0 Å². The van der Waals surface area contributed by atoms with Gasteiger partial charge in [0.05, 0.1) is 30.2 Å². The minimum atomic E-state index is -0.348. The number of carbonyl (C=O) groups is 1. The van der Waals surface area contributed by atoms with Gasteiger partial charge in [0.1, 0.15) is 0 Å². The summed E-state index contributed by atoms with van der Waals surface area (Å²) in [7, 11) is 1.67. The van der Waals surface area contributed by atoms with E-state index >= 15 is 0 Å². The van der Waals surface area contributed by atoms with Crippen molar-refractivity contribution in [1.29, 1.82) is 0 Å². The van der Waals surface area contributed by atoms with Crippen molar-refractivity contribution in [3.63, 3.8) is 0 Å². The second-order valence-corrected chi connectivity index (χ2v) is 4.82. The molecule has 1 aliphatic rings. The highest BCUT2D eigenvalue weighted by atomic mass is 16.5. The molecule has 0 radical (unpaired) electrons. The molecule has 2 heterocycles. The number of hydrogen-bond acceptors (Lipinski definition) is 6. The van der Waals surface area contributed by atoms with E-state index in [9.17, 15) is 4.79 Å². The molecule has 1 fully saturated rings. The van der Waals surface area contributed by atoms with Gasteiger partial charge >= 0.3 is 5.97 Å². The predicted octanol–water partition coefficient (Wildman–Crippen LogP) is 0.811. The van der Waals surface area contributed by atoms with Crippen LogP contribution in [0.3, 0.4) is 0 Å². The SMILES string of the molecule is CCOC(=O)c1cncc(N2CC[C@H](N)[C@H](OC)C2)c1. The monoisotopic (exact) mass is 279 g/mol. The van der Waals surface area contributed by atoms with Crippen LogP contribution in [0.2, 0.25) is 0 Å². The van der Waals surface area contributed by atoms with Crippen molar-refractivity contribution in [2.24, 2.45) is 5.73 Å². The fraction of sp³-hybridized carbons (Fsp3) is 0.571. The smallest absolute Gasteiger partial charge is 0.339 e. The first kappa shape index (κ1) is 14.7. The van der Waals surface area contributed by atoms with Gasteiger partial charge in [0.15, 0.2) is 0 Å². The molecular formula is C14H21N3O3. The molecule has 0 aliphatic carbocycles. The Kier molecular flexibility index (Phi) is 4.92. The first-order valence-corrected chi connectivity index (χ1v) is 6.81. The van der Waals surface area contributed by atoms with Crippen molar-refractivity contribution >= 4 is 11.7 Å². The second-order valence-electron chi connectivity index (χ2n) is 4.82. The highest BCUT2D eigenvalue weighted by molar-refractivity contribution is 5.90. The molecule has 0 unspecified atom stereocenters. The summed E-state index contributed by atoms with van der Waals surface area (Å²) in [6, 6.07) is 1.85. The quantitative estimate of drug-likeness (QED) is 0.822. The lowest BCUT2D eigenvalue weighted by atomic mass is 10.0. The summed E-state index contributed by atoms with van der Waals surface area (Å²) < 4.78 is 10.4. The molecule has 6 heteroatoms. The van der Waals surface area contributed by atoms with Gasteiger partial charge in [-0.15, -0.1) is 0 Å². The molecule has 0 aromatic carbocycles. The molecule has 2 rings (SSSR count). The number of aromatic nitrogens is 1. The molecule has 6 nitrogen and oxygen atoms in total. The fourth-order valence-electron chi connectivity index (χ4n) is 2.35. The molecule has 0 saturated carbocycles. The lowest BCUT2D eigenvalue weighted by Crippen LogP contribution is -2.51. The van der Waals surface area contributed by atoms with Crippen LogP contribution >= 0.6 is 0 Å². The van der Waals surface area contributed by atoms with E-state index < -0.39 is 0 Å². The van der Waals surface area contributed by atoms with Gasteiger partial charge in [-0.05, 0) is 19.4 Å². The summed E-state index contributed by atoms with van der Waals surface area (Å²) in [5.41, 5.74) is 7.37. The highest BCUT2D eigenvalue weighted by Gasteiger charge is 2.27. The summed E-state index contributed by atoms with van der Waals surface area (Å²) in [5, 5.41) is 0. The average molecular weight is 279 g/mol. The Morgan fingerprint density at radius 3 is 3.05 bits per heavy atom. The second kappa shape index (κ2) is 6.67.